The highest BCUT2D eigenvalue weighted by Crippen LogP contribution is 2.39. The molecule has 1 aliphatic carbocycles. The van der Waals surface area contributed by atoms with Crippen LogP contribution in [0.4, 0.5) is 0 Å². The van der Waals surface area contributed by atoms with Crippen molar-refractivity contribution in [2.24, 2.45) is 5.92 Å². The van der Waals surface area contributed by atoms with Crippen molar-refractivity contribution in [1.29, 1.82) is 0 Å². The summed E-state index contributed by atoms with van der Waals surface area (Å²) in [5, 5.41) is 2.78. The molecule has 1 amide bonds. The minimum absolute atomic E-state index is 0.162. The van der Waals surface area contributed by atoms with E-state index in [-0.39, 0.29) is 5.91 Å². The average Bonchev–Trinajstić information content (AvgIpc) is 2.98. The van der Waals surface area contributed by atoms with E-state index in [0.717, 1.165) is 0 Å². The molecule has 1 saturated carbocycles. The van der Waals surface area contributed by atoms with Gasteiger partial charge in [0, 0.05) is 13.5 Å². The van der Waals surface area contributed by atoms with E-state index in [1.54, 1.807) is 7.05 Å². The molecule has 1 N–H and O–H groups in total. The number of hydrogen-bond donors (Lipinski definition) is 1. The van der Waals surface area contributed by atoms with E-state index >= 15 is 0 Å². The van der Waals surface area contributed by atoms with E-state index in [0.29, 0.717) is 24.2 Å². The van der Waals surface area contributed by atoms with Crippen LogP contribution in [0.5, 0.6) is 0 Å². The third kappa shape index (κ3) is 3.62. The molecule has 0 spiro atoms. The first kappa shape index (κ1) is 15.1. The van der Waals surface area contributed by atoms with Crippen LogP contribution in [-0.2, 0) is 4.79 Å². The normalized spacial score (nSPS) is 17.4. The Balaban J connectivity index is 2.18. The Bertz CT molecular complexity index is 429. The van der Waals surface area contributed by atoms with Crippen LogP contribution in [0.2, 0.25) is 0 Å². The van der Waals surface area contributed by atoms with Crippen LogP contribution in [0.3, 0.4) is 0 Å². The van der Waals surface area contributed by atoms with Gasteiger partial charge in [-0.2, -0.15) is 0 Å². The van der Waals surface area contributed by atoms with E-state index in [1.807, 2.05) is 0 Å². The van der Waals surface area contributed by atoms with Gasteiger partial charge in [0.15, 0.2) is 0 Å². The predicted octanol–water partition coefficient (Wildman–Crippen LogP) is 4.22. The van der Waals surface area contributed by atoms with Gasteiger partial charge < -0.3 is 5.32 Å². The van der Waals surface area contributed by atoms with E-state index in [9.17, 15) is 4.79 Å². The second-order valence-electron chi connectivity index (χ2n) is 6.35. The first-order valence-corrected chi connectivity index (χ1v) is 7.92. The van der Waals surface area contributed by atoms with Crippen molar-refractivity contribution in [2.75, 3.05) is 7.05 Å². The molecule has 1 aromatic carbocycles. The molecule has 0 aliphatic heterocycles. The fourth-order valence-corrected chi connectivity index (χ4v) is 3.35. The van der Waals surface area contributed by atoms with Crippen molar-refractivity contribution >= 4 is 5.91 Å². The Kier molecular flexibility index (Phi) is 5.22. The maximum atomic E-state index is 11.8. The minimum Gasteiger partial charge on any atom is -0.359 e. The molecule has 2 rings (SSSR count). The maximum Gasteiger partial charge on any atom is 0.220 e. The highest BCUT2D eigenvalue weighted by molar-refractivity contribution is 5.76. The zero-order valence-corrected chi connectivity index (χ0v) is 13.0. The second-order valence-corrected chi connectivity index (χ2v) is 6.35. The van der Waals surface area contributed by atoms with Gasteiger partial charge in [-0.05, 0) is 41.7 Å². The van der Waals surface area contributed by atoms with Gasteiger partial charge in [-0.15, -0.1) is 0 Å². The summed E-state index contributed by atoms with van der Waals surface area (Å²) in [6.45, 7) is 4.43. The zero-order valence-electron chi connectivity index (χ0n) is 13.0. The number of carbonyl (C=O) groups is 1. The van der Waals surface area contributed by atoms with Gasteiger partial charge in [0.05, 0.1) is 0 Å². The van der Waals surface area contributed by atoms with E-state index < -0.39 is 0 Å². The molecule has 0 saturated heterocycles. The van der Waals surface area contributed by atoms with Gasteiger partial charge >= 0.3 is 0 Å². The third-order valence-electron chi connectivity index (χ3n) is 4.68. The van der Waals surface area contributed by atoms with E-state index in [4.69, 9.17) is 0 Å². The molecule has 2 heteroatoms. The van der Waals surface area contributed by atoms with Crippen molar-refractivity contribution in [2.45, 2.75) is 57.8 Å². The Labute approximate surface area is 123 Å². The van der Waals surface area contributed by atoms with Crippen molar-refractivity contribution < 1.29 is 4.79 Å². The van der Waals surface area contributed by atoms with Crippen LogP contribution < -0.4 is 5.32 Å². The summed E-state index contributed by atoms with van der Waals surface area (Å²) in [7, 11) is 1.73. The Hall–Kier alpha value is -1.31. The van der Waals surface area contributed by atoms with Crippen molar-refractivity contribution in [1.82, 2.24) is 5.32 Å². The minimum atomic E-state index is 0.162. The lowest BCUT2D eigenvalue weighted by molar-refractivity contribution is -0.121. The molecular formula is C18H27NO. The predicted molar refractivity (Wildman–Crippen MR) is 83.9 cm³/mol. The molecule has 1 aromatic rings. The maximum absolute atomic E-state index is 11.8. The van der Waals surface area contributed by atoms with Crippen LogP contribution in [0, 0.1) is 5.92 Å². The molecule has 0 bridgehead atoms. The first-order chi connectivity index (χ1) is 9.61. The van der Waals surface area contributed by atoms with Crippen LogP contribution >= 0.6 is 0 Å². The molecule has 0 heterocycles. The average molecular weight is 273 g/mol. The SMILES string of the molecule is CNC(=O)CC(c1ccc(C(C)C)cc1)C1CCCC1. The van der Waals surface area contributed by atoms with Gasteiger partial charge in [0.1, 0.15) is 0 Å². The van der Waals surface area contributed by atoms with Crippen LogP contribution in [0.25, 0.3) is 0 Å². The van der Waals surface area contributed by atoms with Crippen LogP contribution in [0.1, 0.15) is 68.9 Å². The molecule has 1 fully saturated rings. The van der Waals surface area contributed by atoms with Gasteiger partial charge in [-0.3, -0.25) is 4.79 Å². The van der Waals surface area contributed by atoms with E-state index in [2.05, 4.69) is 43.4 Å². The molecule has 0 radical (unpaired) electrons. The molecular weight excluding hydrogens is 246 g/mol. The summed E-state index contributed by atoms with van der Waals surface area (Å²) in [4.78, 5) is 11.8. The molecule has 1 unspecified atom stereocenters. The monoisotopic (exact) mass is 273 g/mol. The number of hydrogen-bond acceptors (Lipinski definition) is 1. The smallest absolute Gasteiger partial charge is 0.220 e. The number of amides is 1. The number of carbonyl (C=O) groups excluding carboxylic acids is 1. The quantitative estimate of drug-likeness (QED) is 0.855. The Morgan fingerprint density at radius 1 is 1.15 bits per heavy atom. The molecule has 20 heavy (non-hydrogen) atoms. The summed E-state index contributed by atoms with van der Waals surface area (Å²) in [5.41, 5.74) is 2.71. The third-order valence-corrected chi connectivity index (χ3v) is 4.68. The highest BCUT2D eigenvalue weighted by Gasteiger charge is 2.28. The summed E-state index contributed by atoms with van der Waals surface area (Å²) in [6, 6.07) is 8.93. The first-order valence-electron chi connectivity index (χ1n) is 7.92. The fourth-order valence-electron chi connectivity index (χ4n) is 3.35. The Morgan fingerprint density at radius 2 is 1.70 bits per heavy atom. The van der Waals surface area contributed by atoms with Gasteiger partial charge in [-0.25, -0.2) is 0 Å². The van der Waals surface area contributed by atoms with Crippen LogP contribution in [-0.4, -0.2) is 13.0 Å². The molecule has 110 valence electrons. The van der Waals surface area contributed by atoms with E-state index in [1.165, 1.54) is 36.8 Å². The Morgan fingerprint density at radius 3 is 2.20 bits per heavy atom. The summed E-state index contributed by atoms with van der Waals surface area (Å²) in [6.07, 6.45) is 5.81. The van der Waals surface area contributed by atoms with Crippen molar-refractivity contribution in [3.8, 4) is 0 Å². The lowest BCUT2D eigenvalue weighted by atomic mass is 9.81. The summed E-state index contributed by atoms with van der Waals surface area (Å²) in [5.74, 6) is 1.79. The highest BCUT2D eigenvalue weighted by atomic mass is 16.1. The molecule has 1 atom stereocenters. The van der Waals surface area contributed by atoms with Crippen LogP contribution in [0.15, 0.2) is 24.3 Å². The fraction of sp³-hybridized carbons (Fsp3) is 0.611. The lowest BCUT2D eigenvalue weighted by Gasteiger charge is -2.23. The number of nitrogens with one attached hydrogen (secondary N) is 1. The second kappa shape index (κ2) is 6.92. The lowest BCUT2D eigenvalue weighted by Crippen LogP contribution is -2.23. The molecule has 2 nitrogen and oxygen atoms in total. The number of rotatable bonds is 5. The molecule has 0 aromatic heterocycles. The largest absolute Gasteiger partial charge is 0.359 e. The summed E-state index contributed by atoms with van der Waals surface area (Å²) >= 11 is 0. The topological polar surface area (TPSA) is 29.1 Å². The van der Waals surface area contributed by atoms with Crippen molar-refractivity contribution in [3.63, 3.8) is 0 Å². The number of benzene rings is 1. The summed E-state index contributed by atoms with van der Waals surface area (Å²) < 4.78 is 0. The van der Waals surface area contributed by atoms with Crippen molar-refractivity contribution in [3.05, 3.63) is 35.4 Å². The van der Waals surface area contributed by atoms with Gasteiger partial charge in [-0.1, -0.05) is 51.0 Å². The standard InChI is InChI=1S/C18H27NO/c1-13(2)14-8-10-16(11-9-14)17(12-18(20)19-3)15-6-4-5-7-15/h8-11,13,15,17H,4-7,12H2,1-3H3,(H,19,20). The van der Waals surface area contributed by atoms with Gasteiger partial charge in [0.25, 0.3) is 0 Å². The zero-order chi connectivity index (χ0) is 14.5. The molecule has 1 aliphatic rings. The van der Waals surface area contributed by atoms with Gasteiger partial charge in [0.2, 0.25) is 5.91 Å².